The maximum Gasteiger partial charge on any atom is 0.225 e. The van der Waals surface area contributed by atoms with Crippen LogP contribution in [0.3, 0.4) is 0 Å². The molecule has 0 aliphatic rings. The molecule has 4 nitrogen and oxygen atoms in total. The van der Waals surface area contributed by atoms with E-state index in [4.69, 9.17) is 14.4 Å². The summed E-state index contributed by atoms with van der Waals surface area (Å²) in [6.45, 7) is 0. The Labute approximate surface area is 115 Å². The molecule has 0 aliphatic heterocycles. The van der Waals surface area contributed by atoms with Crippen LogP contribution >= 0.6 is 0 Å². The molecule has 0 bridgehead atoms. The number of hydrogen-bond acceptors (Lipinski definition) is 4. The van der Waals surface area contributed by atoms with Gasteiger partial charge in [-0.2, -0.15) is 5.26 Å². The van der Waals surface area contributed by atoms with Crippen molar-refractivity contribution in [2.24, 2.45) is 0 Å². The molecule has 0 aliphatic carbocycles. The van der Waals surface area contributed by atoms with Crippen molar-refractivity contribution in [2.75, 3.05) is 0 Å². The predicted molar refractivity (Wildman–Crippen MR) is 73.2 cm³/mol. The van der Waals surface area contributed by atoms with Crippen molar-refractivity contribution in [3.8, 4) is 29.0 Å². The Kier molecular flexibility index (Phi) is 3.17. The summed E-state index contributed by atoms with van der Waals surface area (Å²) >= 11 is 0. The van der Waals surface area contributed by atoms with Gasteiger partial charge in [-0.25, -0.2) is 4.98 Å². The lowest BCUT2D eigenvalue weighted by Gasteiger charge is -2.05. The number of rotatable bonds is 3. The second kappa shape index (κ2) is 5.29. The molecule has 3 aromatic rings. The lowest BCUT2D eigenvalue weighted by atomic mass is 10.2. The Hall–Kier alpha value is -3.06. The van der Waals surface area contributed by atoms with Gasteiger partial charge in [0.2, 0.25) is 5.89 Å². The summed E-state index contributed by atoms with van der Waals surface area (Å²) < 4.78 is 10.9. The van der Waals surface area contributed by atoms with E-state index in [1.165, 1.54) is 6.26 Å². The highest BCUT2D eigenvalue weighted by Gasteiger charge is 2.03. The molecule has 0 N–H and O–H groups in total. The number of oxazole rings is 1. The van der Waals surface area contributed by atoms with E-state index in [-0.39, 0.29) is 0 Å². The molecule has 1 heterocycles. The maximum atomic E-state index is 8.73. The summed E-state index contributed by atoms with van der Waals surface area (Å²) in [6, 6.07) is 16.5. The van der Waals surface area contributed by atoms with E-state index in [1.54, 1.807) is 30.5 Å². The van der Waals surface area contributed by atoms with Crippen LogP contribution in [-0.2, 0) is 0 Å². The first kappa shape index (κ1) is 12.0. The minimum Gasteiger partial charge on any atom is -0.457 e. The SMILES string of the molecule is N#Cc1ccc(Oc2ccc(-c3ncco3)cc2)cc1. The fourth-order valence-electron chi connectivity index (χ4n) is 1.77. The second-order valence-electron chi connectivity index (χ2n) is 4.10. The Balaban J connectivity index is 1.76. The van der Waals surface area contributed by atoms with Gasteiger partial charge in [-0.05, 0) is 48.5 Å². The van der Waals surface area contributed by atoms with E-state index in [0.29, 0.717) is 23.0 Å². The maximum absolute atomic E-state index is 8.73. The number of hydrogen-bond donors (Lipinski definition) is 0. The third-order valence-corrected chi connectivity index (χ3v) is 2.75. The van der Waals surface area contributed by atoms with Gasteiger partial charge in [0.05, 0.1) is 17.8 Å². The fraction of sp³-hybridized carbons (Fsp3) is 0. The number of benzene rings is 2. The summed E-state index contributed by atoms with van der Waals surface area (Å²) in [5, 5.41) is 8.73. The molecule has 0 atom stereocenters. The lowest BCUT2D eigenvalue weighted by Crippen LogP contribution is -1.85. The molecule has 0 fully saturated rings. The summed E-state index contributed by atoms with van der Waals surface area (Å²) in [7, 11) is 0. The third-order valence-electron chi connectivity index (χ3n) is 2.75. The van der Waals surface area contributed by atoms with Crippen molar-refractivity contribution >= 4 is 0 Å². The van der Waals surface area contributed by atoms with Crippen LogP contribution in [0.5, 0.6) is 11.5 Å². The van der Waals surface area contributed by atoms with Gasteiger partial charge in [0.15, 0.2) is 0 Å². The molecule has 20 heavy (non-hydrogen) atoms. The number of nitriles is 1. The first-order chi connectivity index (χ1) is 9.85. The van der Waals surface area contributed by atoms with E-state index in [1.807, 2.05) is 24.3 Å². The monoisotopic (exact) mass is 262 g/mol. The third kappa shape index (κ3) is 2.52. The highest BCUT2D eigenvalue weighted by Crippen LogP contribution is 2.25. The summed E-state index contributed by atoms with van der Waals surface area (Å²) in [6.07, 6.45) is 3.15. The van der Waals surface area contributed by atoms with Crippen LogP contribution in [-0.4, -0.2) is 4.98 Å². The first-order valence-electron chi connectivity index (χ1n) is 6.03. The summed E-state index contributed by atoms with van der Waals surface area (Å²) in [5.41, 5.74) is 1.50. The number of nitrogens with zero attached hydrogens (tertiary/aromatic N) is 2. The van der Waals surface area contributed by atoms with Crippen LogP contribution in [0.15, 0.2) is 65.4 Å². The average molecular weight is 262 g/mol. The predicted octanol–water partition coefficient (Wildman–Crippen LogP) is 4.01. The molecule has 2 aromatic carbocycles. The standard InChI is InChI=1S/C16H10N2O2/c17-11-12-1-5-14(6-2-12)20-15-7-3-13(4-8-15)16-18-9-10-19-16/h1-10H. The van der Waals surface area contributed by atoms with Crippen LogP contribution < -0.4 is 4.74 Å². The van der Waals surface area contributed by atoms with Crippen molar-refractivity contribution in [3.05, 3.63) is 66.6 Å². The van der Waals surface area contributed by atoms with E-state index in [0.717, 1.165) is 5.56 Å². The molecule has 3 rings (SSSR count). The summed E-state index contributed by atoms with van der Waals surface area (Å²) in [4.78, 5) is 4.08. The van der Waals surface area contributed by atoms with Crippen molar-refractivity contribution < 1.29 is 9.15 Å². The van der Waals surface area contributed by atoms with Crippen LogP contribution in [0.4, 0.5) is 0 Å². The van der Waals surface area contributed by atoms with Crippen molar-refractivity contribution in [2.45, 2.75) is 0 Å². The molecule has 0 amide bonds. The van der Waals surface area contributed by atoms with E-state index in [2.05, 4.69) is 11.1 Å². The Morgan fingerprint density at radius 2 is 1.60 bits per heavy atom. The molecule has 0 radical (unpaired) electrons. The van der Waals surface area contributed by atoms with Gasteiger partial charge in [-0.3, -0.25) is 0 Å². The lowest BCUT2D eigenvalue weighted by molar-refractivity contribution is 0.482. The van der Waals surface area contributed by atoms with Crippen LogP contribution in [0.2, 0.25) is 0 Å². The first-order valence-corrected chi connectivity index (χ1v) is 6.03. The second-order valence-corrected chi connectivity index (χ2v) is 4.10. The van der Waals surface area contributed by atoms with Gasteiger partial charge in [0, 0.05) is 5.56 Å². The highest BCUT2D eigenvalue weighted by molar-refractivity contribution is 5.54. The summed E-state index contributed by atoms with van der Waals surface area (Å²) in [5.74, 6) is 1.98. The van der Waals surface area contributed by atoms with Gasteiger partial charge in [0.25, 0.3) is 0 Å². The van der Waals surface area contributed by atoms with E-state index in [9.17, 15) is 0 Å². The largest absolute Gasteiger partial charge is 0.457 e. The molecule has 4 heteroatoms. The highest BCUT2D eigenvalue weighted by atomic mass is 16.5. The molecular weight excluding hydrogens is 252 g/mol. The van der Waals surface area contributed by atoms with Gasteiger partial charge in [0.1, 0.15) is 17.8 Å². The molecule has 0 spiro atoms. The zero-order valence-electron chi connectivity index (χ0n) is 10.5. The Morgan fingerprint density at radius 1 is 0.950 bits per heavy atom. The zero-order valence-corrected chi connectivity index (χ0v) is 10.5. The van der Waals surface area contributed by atoms with Crippen molar-refractivity contribution in [1.29, 1.82) is 5.26 Å². The Bertz CT molecular complexity index is 724. The topological polar surface area (TPSA) is 59.0 Å². The van der Waals surface area contributed by atoms with Crippen LogP contribution in [0.1, 0.15) is 5.56 Å². The van der Waals surface area contributed by atoms with E-state index < -0.39 is 0 Å². The molecule has 0 unspecified atom stereocenters. The van der Waals surface area contributed by atoms with Gasteiger partial charge < -0.3 is 9.15 Å². The van der Waals surface area contributed by atoms with Crippen molar-refractivity contribution in [1.82, 2.24) is 4.98 Å². The molecular formula is C16H10N2O2. The molecule has 0 saturated carbocycles. The zero-order chi connectivity index (χ0) is 13.8. The van der Waals surface area contributed by atoms with Gasteiger partial charge in [-0.15, -0.1) is 0 Å². The van der Waals surface area contributed by atoms with Crippen LogP contribution in [0, 0.1) is 11.3 Å². The van der Waals surface area contributed by atoms with Crippen LogP contribution in [0.25, 0.3) is 11.5 Å². The minimum atomic E-state index is 0.579. The average Bonchev–Trinajstić information content (AvgIpc) is 3.03. The number of ether oxygens (including phenoxy) is 1. The number of aromatic nitrogens is 1. The molecule has 0 saturated heterocycles. The van der Waals surface area contributed by atoms with Crippen molar-refractivity contribution in [3.63, 3.8) is 0 Å². The fourth-order valence-corrected chi connectivity index (χ4v) is 1.77. The minimum absolute atomic E-state index is 0.579. The van der Waals surface area contributed by atoms with Gasteiger partial charge >= 0.3 is 0 Å². The quantitative estimate of drug-likeness (QED) is 0.715. The molecule has 1 aromatic heterocycles. The van der Waals surface area contributed by atoms with E-state index >= 15 is 0 Å². The Morgan fingerprint density at radius 3 is 2.15 bits per heavy atom. The van der Waals surface area contributed by atoms with Gasteiger partial charge in [-0.1, -0.05) is 0 Å². The molecule has 96 valence electrons. The normalized spacial score (nSPS) is 9.95. The smallest absolute Gasteiger partial charge is 0.225 e.